The molecule has 0 radical (unpaired) electrons. The molecule has 2 rings (SSSR count). The van der Waals surface area contributed by atoms with Gasteiger partial charge in [0.05, 0.1) is 19.6 Å². The lowest BCUT2D eigenvalue weighted by atomic mass is 10.3. The second kappa shape index (κ2) is 9.10. The SMILES string of the molecule is O=C(CCOc1cccc(Br)c1)NCCOc1ccccc1. The van der Waals surface area contributed by atoms with Gasteiger partial charge in [-0.1, -0.05) is 40.2 Å². The van der Waals surface area contributed by atoms with Crippen molar-refractivity contribution in [2.75, 3.05) is 19.8 Å². The largest absolute Gasteiger partial charge is 0.493 e. The van der Waals surface area contributed by atoms with Crippen LogP contribution in [0.2, 0.25) is 0 Å². The number of carbonyl (C=O) groups is 1. The Bertz CT molecular complexity index is 589. The number of amides is 1. The Labute approximate surface area is 138 Å². The van der Waals surface area contributed by atoms with Crippen LogP contribution in [0.1, 0.15) is 6.42 Å². The summed E-state index contributed by atoms with van der Waals surface area (Å²) in [5, 5.41) is 2.80. The molecule has 0 unspecified atom stereocenters. The Morgan fingerprint density at radius 1 is 0.955 bits per heavy atom. The minimum Gasteiger partial charge on any atom is -0.493 e. The van der Waals surface area contributed by atoms with Gasteiger partial charge in [0, 0.05) is 4.47 Å². The third-order valence-electron chi connectivity index (χ3n) is 2.83. The first kappa shape index (κ1) is 16.4. The average molecular weight is 364 g/mol. The molecular weight excluding hydrogens is 346 g/mol. The minimum atomic E-state index is -0.0494. The lowest BCUT2D eigenvalue weighted by Gasteiger charge is -2.08. The molecule has 0 saturated carbocycles. The van der Waals surface area contributed by atoms with Crippen LogP contribution < -0.4 is 14.8 Å². The van der Waals surface area contributed by atoms with Gasteiger partial charge >= 0.3 is 0 Å². The van der Waals surface area contributed by atoms with Gasteiger partial charge in [-0.3, -0.25) is 4.79 Å². The first-order chi connectivity index (χ1) is 10.7. The molecule has 0 atom stereocenters. The molecule has 0 spiro atoms. The van der Waals surface area contributed by atoms with Crippen LogP contribution in [0.4, 0.5) is 0 Å². The van der Waals surface area contributed by atoms with Gasteiger partial charge in [0.15, 0.2) is 0 Å². The van der Waals surface area contributed by atoms with E-state index in [2.05, 4.69) is 21.2 Å². The Morgan fingerprint density at radius 2 is 1.68 bits per heavy atom. The molecular formula is C17H18BrNO3. The highest BCUT2D eigenvalue weighted by Gasteiger charge is 2.02. The van der Waals surface area contributed by atoms with Crippen molar-refractivity contribution in [3.63, 3.8) is 0 Å². The smallest absolute Gasteiger partial charge is 0.223 e. The van der Waals surface area contributed by atoms with Crippen molar-refractivity contribution in [1.82, 2.24) is 5.32 Å². The zero-order valence-corrected chi connectivity index (χ0v) is 13.7. The molecule has 0 aliphatic heterocycles. The summed E-state index contributed by atoms with van der Waals surface area (Å²) in [6.07, 6.45) is 0.317. The fourth-order valence-corrected chi connectivity index (χ4v) is 2.16. The van der Waals surface area contributed by atoms with E-state index >= 15 is 0 Å². The van der Waals surface area contributed by atoms with Gasteiger partial charge in [0.25, 0.3) is 0 Å². The van der Waals surface area contributed by atoms with E-state index in [4.69, 9.17) is 9.47 Å². The normalized spacial score (nSPS) is 10.0. The fraction of sp³-hybridized carbons (Fsp3) is 0.235. The second-order valence-electron chi connectivity index (χ2n) is 4.57. The monoisotopic (exact) mass is 363 g/mol. The van der Waals surface area contributed by atoms with Gasteiger partial charge < -0.3 is 14.8 Å². The first-order valence-electron chi connectivity index (χ1n) is 7.07. The molecule has 0 fully saturated rings. The van der Waals surface area contributed by atoms with Crippen LogP contribution in [0.3, 0.4) is 0 Å². The van der Waals surface area contributed by atoms with Crippen LogP contribution in [0.5, 0.6) is 11.5 Å². The molecule has 116 valence electrons. The summed E-state index contributed by atoms with van der Waals surface area (Å²) < 4.78 is 12.0. The summed E-state index contributed by atoms with van der Waals surface area (Å²) >= 11 is 3.37. The summed E-state index contributed by atoms with van der Waals surface area (Å²) in [5.41, 5.74) is 0. The molecule has 0 saturated heterocycles. The van der Waals surface area contributed by atoms with Crippen LogP contribution >= 0.6 is 15.9 Å². The number of halogens is 1. The number of para-hydroxylation sites is 1. The number of hydrogen-bond acceptors (Lipinski definition) is 3. The summed E-state index contributed by atoms with van der Waals surface area (Å²) in [4.78, 5) is 11.7. The van der Waals surface area contributed by atoms with E-state index in [1.807, 2.05) is 54.6 Å². The van der Waals surface area contributed by atoms with Crippen LogP contribution in [0.15, 0.2) is 59.1 Å². The summed E-state index contributed by atoms with van der Waals surface area (Å²) in [6, 6.07) is 17.1. The first-order valence-corrected chi connectivity index (χ1v) is 7.86. The predicted molar refractivity (Wildman–Crippen MR) is 89.2 cm³/mol. The van der Waals surface area contributed by atoms with Crippen molar-refractivity contribution in [3.8, 4) is 11.5 Å². The lowest BCUT2D eigenvalue weighted by molar-refractivity contribution is -0.121. The fourth-order valence-electron chi connectivity index (χ4n) is 1.78. The summed E-state index contributed by atoms with van der Waals surface area (Å²) in [7, 11) is 0. The molecule has 5 heteroatoms. The van der Waals surface area contributed by atoms with E-state index < -0.39 is 0 Å². The van der Waals surface area contributed by atoms with E-state index in [-0.39, 0.29) is 5.91 Å². The van der Waals surface area contributed by atoms with Crippen molar-refractivity contribution in [1.29, 1.82) is 0 Å². The van der Waals surface area contributed by atoms with E-state index in [9.17, 15) is 4.79 Å². The molecule has 0 bridgehead atoms. The van der Waals surface area contributed by atoms with Gasteiger partial charge in [-0.15, -0.1) is 0 Å². The van der Waals surface area contributed by atoms with Crippen molar-refractivity contribution in [2.45, 2.75) is 6.42 Å². The van der Waals surface area contributed by atoms with Crippen molar-refractivity contribution >= 4 is 21.8 Å². The number of rotatable bonds is 8. The highest BCUT2D eigenvalue weighted by Crippen LogP contribution is 2.17. The molecule has 22 heavy (non-hydrogen) atoms. The maximum Gasteiger partial charge on any atom is 0.223 e. The highest BCUT2D eigenvalue weighted by atomic mass is 79.9. The minimum absolute atomic E-state index is 0.0494. The Kier molecular flexibility index (Phi) is 6.77. The third kappa shape index (κ3) is 6.18. The molecule has 2 aromatic carbocycles. The van der Waals surface area contributed by atoms with Gasteiger partial charge in [0.2, 0.25) is 5.91 Å². The Morgan fingerprint density at radius 3 is 2.45 bits per heavy atom. The maximum absolute atomic E-state index is 11.7. The summed E-state index contributed by atoms with van der Waals surface area (Å²) in [6.45, 7) is 1.27. The zero-order chi connectivity index (χ0) is 15.6. The van der Waals surface area contributed by atoms with Gasteiger partial charge in [0.1, 0.15) is 18.1 Å². The molecule has 0 heterocycles. The quantitative estimate of drug-likeness (QED) is 0.731. The molecule has 2 aromatic rings. The Balaban J connectivity index is 1.56. The van der Waals surface area contributed by atoms with Gasteiger partial charge in [-0.2, -0.15) is 0 Å². The summed E-state index contributed by atoms with van der Waals surface area (Å²) in [5.74, 6) is 1.50. The van der Waals surface area contributed by atoms with Gasteiger partial charge in [-0.05, 0) is 30.3 Å². The number of hydrogen-bond donors (Lipinski definition) is 1. The Hall–Kier alpha value is -2.01. The van der Waals surface area contributed by atoms with Crippen LogP contribution in [-0.4, -0.2) is 25.7 Å². The van der Waals surface area contributed by atoms with Crippen LogP contribution in [0, 0.1) is 0 Å². The predicted octanol–water partition coefficient (Wildman–Crippen LogP) is 3.41. The van der Waals surface area contributed by atoms with Crippen molar-refractivity contribution in [2.24, 2.45) is 0 Å². The highest BCUT2D eigenvalue weighted by molar-refractivity contribution is 9.10. The average Bonchev–Trinajstić information content (AvgIpc) is 2.53. The molecule has 1 amide bonds. The third-order valence-corrected chi connectivity index (χ3v) is 3.32. The molecule has 4 nitrogen and oxygen atoms in total. The molecule has 1 N–H and O–H groups in total. The molecule has 0 aromatic heterocycles. The number of nitrogens with one attached hydrogen (secondary N) is 1. The van der Waals surface area contributed by atoms with Crippen molar-refractivity contribution in [3.05, 3.63) is 59.1 Å². The van der Waals surface area contributed by atoms with Gasteiger partial charge in [-0.25, -0.2) is 0 Å². The van der Waals surface area contributed by atoms with E-state index in [0.29, 0.717) is 26.2 Å². The number of carbonyl (C=O) groups excluding carboxylic acids is 1. The van der Waals surface area contributed by atoms with Crippen LogP contribution in [0.25, 0.3) is 0 Å². The number of benzene rings is 2. The lowest BCUT2D eigenvalue weighted by Crippen LogP contribution is -2.29. The van der Waals surface area contributed by atoms with E-state index in [1.54, 1.807) is 0 Å². The molecule has 0 aliphatic carbocycles. The molecule has 0 aliphatic rings. The maximum atomic E-state index is 11.7. The number of ether oxygens (including phenoxy) is 2. The van der Waals surface area contributed by atoms with E-state index in [1.165, 1.54) is 0 Å². The van der Waals surface area contributed by atoms with Crippen molar-refractivity contribution < 1.29 is 14.3 Å². The second-order valence-corrected chi connectivity index (χ2v) is 5.48. The topological polar surface area (TPSA) is 47.6 Å². The standard InChI is InChI=1S/C17H18BrNO3/c18-14-5-4-8-16(13-14)21-11-9-17(20)19-10-12-22-15-6-2-1-3-7-15/h1-8,13H,9-12H2,(H,19,20). The zero-order valence-electron chi connectivity index (χ0n) is 12.1. The van der Waals surface area contributed by atoms with Crippen LogP contribution in [-0.2, 0) is 4.79 Å². The van der Waals surface area contributed by atoms with E-state index in [0.717, 1.165) is 16.0 Å².